The molecular weight excluding hydrogens is 198 g/mol. The highest BCUT2D eigenvalue weighted by Crippen LogP contribution is 2.00. The molecular formula is C2H4BrNO3S. The molecule has 0 spiro atoms. The summed E-state index contributed by atoms with van der Waals surface area (Å²) in [6, 6.07) is 0. The van der Waals surface area contributed by atoms with Crippen LogP contribution in [0.4, 0.5) is 0 Å². The van der Waals surface area contributed by atoms with Crippen molar-refractivity contribution in [2.24, 2.45) is 5.73 Å². The van der Waals surface area contributed by atoms with Crippen molar-refractivity contribution in [1.29, 1.82) is 0 Å². The molecule has 0 aromatic carbocycles. The molecule has 0 aromatic heterocycles. The molecule has 0 heterocycles. The van der Waals surface area contributed by atoms with E-state index in [1.807, 2.05) is 0 Å². The molecule has 2 atom stereocenters. The third kappa shape index (κ3) is 2.39. The van der Waals surface area contributed by atoms with E-state index in [1.165, 1.54) is 0 Å². The summed E-state index contributed by atoms with van der Waals surface area (Å²) < 4.78 is 16.9. The van der Waals surface area contributed by atoms with Crippen molar-refractivity contribution >= 4 is 32.9 Å². The molecule has 0 aliphatic rings. The van der Waals surface area contributed by atoms with E-state index in [1.54, 1.807) is 0 Å². The third-order valence-electron chi connectivity index (χ3n) is 0.401. The first-order valence-corrected chi connectivity index (χ1v) is 3.67. The quantitative estimate of drug-likeness (QED) is 0.464. The Morgan fingerprint density at radius 1 is 1.88 bits per heavy atom. The number of rotatable bonds is 2. The second-order valence-electron chi connectivity index (χ2n) is 0.995. The Labute approximate surface area is 56.9 Å². The average Bonchev–Trinajstić information content (AvgIpc) is 1.64. The molecule has 3 N–H and O–H groups in total. The van der Waals surface area contributed by atoms with E-state index < -0.39 is 21.1 Å². The van der Waals surface area contributed by atoms with Gasteiger partial charge in [-0.1, -0.05) is 15.9 Å². The lowest BCUT2D eigenvalue weighted by Crippen LogP contribution is -2.26. The fraction of sp³-hybridized carbons (Fsp3) is 0.500. The molecule has 0 saturated carbocycles. The zero-order chi connectivity index (χ0) is 6.73. The van der Waals surface area contributed by atoms with Gasteiger partial charge in [-0.25, -0.2) is 4.21 Å². The molecule has 8 heavy (non-hydrogen) atoms. The summed E-state index contributed by atoms with van der Waals surface area (Å²) in [5.74, 6) is -0.842. The van der Waals surface area contributed by atoms with E-state index in [0.717, 1.165) is 0 Å². The van der Waals surface area contributed by atoms with Gasteiger partial charge in [0.2, 0.25) is 5.91 Å². The maximum atomic E-state index is 9.96. The molecule has 1 amide bonds. The Kier molecular flexibility index (Phi) is 3.18. The predicted octanol–water partition coefficient (Wildman–Crippen LogP) is -0.586. The van der Waals surface area contributed by atoms with Crippen LogP contribution in [0.1, 0.15) is 0 Å². The summed E-state index contributed by atoms with van der Waals surface area (Å²) in [7, 11) is 0. The second kappa shape index (κ2) is 3.16. The van der Waals surface area contributed by atoms with Gasteiger partial charge in [0.1, 0.15) is 0 Å². The predicted molar refractivity (Wildman–Crippen MR) is 32.7 cm³/mol. The summed E-state index contributed by atoms with van der Waals surface area (Å²) in [5.41, 5.74) is 4.60. The van der Waals surface area contributed by atoms with Gasteiger partial charge in [-0.15, -0.1) is 0 Å². The normalized spacial score (nSPS) is 17.2. The lowest BCUT2D eigenvalue weighted by Gasteiger charge is -1.95. The minimum Gasteiger partial charge on any atom is -0.368 e. The highest BCUT2D eigenvalue weighted by Gasteiger charge is 2.15. The van der Waals surface area contributed by atoms with Crippen LogP contribution < -0.4 is 5.73 Å². The number of alkyl halides is 1. The van der Waals surface area contributed by atoms with E-state index in [4.69, 9.17) is 4.55 Å². The van der Waals surface area contributed by atoms with Crippen LogP contribution in [-0.4, -0.2) is 18.8 Å². The summed E-state index contributed by atoms with van der Waals surface area (Å²) >= 11 is 0.383. The van der Waals surface area contributed by atoms with Crippen LogP contribution in [0, 0.1) is 0 Å². The lowest BCUT2D eigenvalue weighted by molar-refractivity contribution is -0.116. The van der Waals surface area contributed by atoms with Crippen molar-refractivity contribution in [2.45, 2.75) is 4.16 Å². The minimum atomic E-state index is -2.20. The fourth-order valence-electron chi connectivity index (χ4n) is 0.0994. The number of nitrogens with two attached hydrogens (primary N) is 1. The molecule has 48 valence electrons. The highest BCUT2D eigenvalue weighted by molar-refractivity contribution is 9.11. The van der Waals surface area contributed by atoms with Gasteiger partial charge >= 0.3 is 0 Å². The van der Waals surface area contributed by atoms with Gasteiger partial charge in [-0.2, -0.15) is 0 Å². The summed E-state index contributed by atoms with van der Waals surface area (Å²) in [5, 5.41) is 0. The number of carbonyl (C=O) groups is 1. The van der Waals surface area contributed by atoms with Crippen LogP contribution in [-0.2, 0) is 15.9 Å². The number of amides is 1. The summed E-state index contributed by atoms with van der Waals surface area (Å²) in [6.45, 7) is 0. The molecule has 0 saturated heterocycles. The highest BCUT2D eigenvalue weighted by atomic mass is 79.9. The number of carbonyl (C=O) groups excluding carboxylic acids is 1. The van der Waals surface area contributed by atoms with Crippen molar-refractivity contribution in [3.8, 4) is 0 Å². The Hall–Kier alpha value is 0.0600. The molecule has 2 unspecified atom stereocenters. The molecule has 0 aliphatic heterocycles. The Balaban J connectivity index is 3.83. The number of hydrogen-bond donors (Lipinski definition) is 2. The fourth-order valence-corrected chi connectivity index (χ4v) is 0.298. The van der Waals surface area contributed by atoms with Crippen LogP contribution in [0.5, 0.6) is 0 Å². The summed E-state index contributed by atoms with van der Waals surface area (Å²) in [6.07, 6.45) is 0. The first-order chi connectivity index (χ1) is 3.55. The van der Waals surface area contributed by atoms with Crippen LogP contribution >= 0.6 is 15.9 Å². The molecule has 6 heteroatoms. The van der Waals surface area contributed by atoms with Crippen molar-refractivity contribution in [3.63, 3.8) is 0 Å². The van der Waals surface area contributed by atoms with E-state index in [9.17, 15) is 9.00 Å². The lowest BCUT2D eigenvalue weighted by atomic mass is 10.8. The standard InChI is InChI=1S/C2H4BrNO3S/c3-1(2(4)5)8(6)7/h1H,(H2,4,5)(H,6,7). The average molecular weight is 202 g/mol. The first kappa shape index (κ1) is 8.06. The van der Waals surface area contributed by atoms with Gasteiger partial charge in [0.15, 0.2) is 15.2 Å². The Bertz CT molecular complexity index is 112. The SMILES string of the molecule is NC(=O)C(Br)S(=O)O. The third-order valence-corrected chi connectivity index (χ3v) is 2.40. The smallest absolute Gasteiger partial charge is 0.246 e. The molecule has 0 fully saturated rings. The number of primary amides is 1. The van der Waals surface area contributed by atoms with Gasteiger partial charge < -0.3 is 10.3 Å². The van der Waals surface area contributed by atoms with Crippen LogP contribution in [0.3, 0.4) is 0 Å². The number of halogens is 1. The van der Waals surface area contributed by atoms with Crippen molar-refractivity contribution in [1.82, 2.24) is 0 Å². The van der Waals surface area contributed by atoms with Gasteiger partial charge in [0.25, 0.3) is 0 Å². The van der Waals surface area contributed by atoms with Crippen molar-refractivity contribution < 1.29 is 13.6 Å². The molecule has 0 rings (SSSR count). The van der Waals surface area contributed by atoms with Gasteiger partial charge in [-0.05, 0) is 0 Å². The maximum absolute atomic E-state index is 9.96. The topological polar surface area (TPSA) is 80.4 Å². The van der Waals surface area contributed by atoms with Gasteiger partial charge in [-0.3, -0.25) is 4.79 Å². The molecule has 0 aromatic rings. The Morgan fingerprint density at radius 3 is 2.25 bits per heavy atom. The van der Waals surface area contributed by atoms with Crippen molar-refractivity contribution in [3.05, 3.63) is 0 Å². The second-order valence-corrected chi connectivity index (χ2v) is 3.54. The van der Waals surface area contributed by atoms with E-state index >= 15 is 0 Å². The number of hydrogen-bond acceptors (Lipinski definition) is 2. The molecule has 0 bridgehead atoms. The molecule has 0 radical (unpaired) electrons. The maximum Gasteiger partial charge on any atom is 0.246 e. The Morgan fingerprint density at radius 2 is 2.25 bits per heavy atom. The molecule has 0 aliphatic carbocycles. The van der Waals surface area contributed by atoms with Crippen LogP contribution in [0.25, 0.3) is 0 Å². The summed E-state index contributed by atoms with van der Waals surface area (Å²) in [4.78, 5) is 9.96. The van der Waals surface area contributed by atoms with E-state index in [2.05, 4.69) is 21.7 Å². The monoisotopic (exact) mass is 201 g/mol. The largest absolute Gasteiger partial charge is 0.368 e. The van der Waals surface area contributed by atoms with E-state index in [-0.39, 0.29) is 0 Å². The first-order valence-electron chi connectivity index (χ1n) is 1.58. The van der Waals surface area contributed by atoms with Crippen molar-refractivity contribution in [2.75, 3.05) is 0 Å². The van der Waals surface area contributed by atoms with Gasteiger partial charge in [0.05, 0.1) is 0 Å². The molecule has 4 nitrogen and oxygen atoms in total. The van der Waals surface area contributed by atoms with Crippen LogP contribution in [0.2, 0.25) is 0 Å². The zero-order valence-corrected chi connectivity index (χ0v) is 6.11. The minimum absolute atomic E-state index is 0.842. The van der Waals surface area contributed by atoms with Crippen LogP contribution in [0.15, 0.2) is 0 Å². The van der Waals surface area contributed by atoms with Gasteiger partial charge in [0, 0.05) is 0 Å². The zero-order valence-electron chi connectivity index (χ0n) is 3.70. The van der Waals surface area contributed by atoms with E-state index in [0.29, 0.717) is 0 Å².